The van der Waals surface area contributed by atoms with Crippen molar-refractivity contribution >= 4 is 55.2 Å². The van der Waals surface area contributed by atoms with E-state index in [2.05, 4.69) is 31.9 Å². The Balaban J connectivity index is 1.87. The maximum atomic E-state index is 12.0. The van der Waals surface area contributed by atoms with Crippen LogP contribution in [0.2, 0.25) is 0 Å². The Labute approximate surface area is 144 Å². The molecule has 0 bridgehead atoms. The molecule has 0 atom stereocenters. The molecular formula is C16H12Br2O2S. The zero-order valence-electron chi connectivity index (χ0n) is 11.0. The maximum Gasteiger partial charge on any atom is 0.172 e. The van der Waals surface area contributed by atoms with Crippen molar-refractivity contribution in [2.75, 3.05) is 11.5 Å². The molecule has 2 aromatic carbocycles. The summed E-state index contributed by atoms with van der Waals surface area (Å²) < 4.78 is 1.76. The molecule has 0 aromatic heterocycles. The van der Waals surface area contributed by atoms with Gasteiger partial charge in [-0.2, -0.15) is 0 Å². The van der Waals surface area contributed by atoms with Gasteiger partial charge in [-0.05, 0) is 24.3 Å². The molecule has 21 heavy (non-hydrogen) atoms. The Morgan fingerprint density at radius 1 is 0.810 bits per heavy atom. The first-order valence-electron chi connectivity index (χ1n) is 6.21. The van der Waals surface area contributed by atoms with Gasteiger partial charge < -0.3 is 0 Å². The second kappa shape index (κ2) is 7.92. The van der Waals surface area contributed by atoms with E-state index < -0.39 is 0 Å². The number of benzene rings is 2. The van der Waals surface area contributed by atoms with Crippen molar-refractivity contribution in [1.29, 1.82) is 0 Å². The zero-order valence-corrected chi connectivity index (χ0v) is 15.0. The highest BCUT2D eigenvalue weighted by molar-refractivity contribution is 9.10. The topological polar surface area (TPSA) is 34.1 Å². The van der Waals surface area contributed by atoms with Crippen LogP contribution in [-0.4, -0.2) is 23.1 Å². The SMILES string of the molecule is O=C(CSCC(=O)c1cccc(Br)c1)c1cccc(Br)c1. The molecule has 0 N–H and O–H groups in total. The maximum absolute atomic E-state index is 12.0. The highest BCUT2D eigenvalue weighted by Gasteiger charge is 2.10. The van der Waals surface area contributed by atoms with Crippen molar-refractivity contribution in [1.82, 2.24) is 0 Å². The summed E-state index contributed by atoms with van der Waals surface area (Å²) in [6.45, 7) is 0. The molecule has 0 radical (unpaired) electrons. The van der Waals surface area contributed by atoms with Gasteiger partial charge in [0.05, 0.1) is 11.5 Å². The van der Waals surface area contributed by atoms with E-state index in [0.717, 1.165) is 8.95 Å². The molecule has 5 heteroatoms. The normalized spacial score (nSPS) is 10.4. The minimum Gasteiger partial charge on any atom is -0.293 e. The predicted molar refractivity (Wildman–Crippen MR) is 94.3 cm³/mol. The third-order valence-corrected chi connectivity index (χ3v) is 4.68. The summed E-state index contributed by atoms with van der Waals surface area (Å²) in [5.41, 5.74) is 1.32. The van der Waals surface area contributed by atoms with E-state index >= 15 is 0 Å². The molecule has 2 aromatic rings. The van der Waals surface area contributed by atoms with Crippen LogP contribution in [0.25, 0.3) is 0 Å². The summed E-state index contributed by atoms with van der Waals surface area (Å²) in [7, 11) is 0. The lowest BCUT2D eigenvalue weighted by molar-refractivity contribution is 0.102. The predicted octanol–water partition coefficient (Wildman–Crippen LogP) is 5.01. The average Bonchev–Trinajstić information content (AvgIpc) is 2.47. The number of hydrogen-bond acceptors (Lipinski definition) is 3. The van der Waals surface area contributed by atoms with Crippen LogP contribution in [0.4, 0.5) is 0 Å². The Morgan fingerprint density at radius 2 is 1.24 bits per heavy atom. The Kier molecular flexibility index (Phi) is 6.21. The smallest absolute Gasteiger partial charge is 0.172 e. The van der Waals surface area contributed by atoms with Crippen molar-refractivity contribution in [2.45, 2.75) is 0 Å². The summed E-state index contributed by atoms with van der Waals surface area (Å²) >= 11 is 8.02. The molecule has 0 saturated carbocycles. The molecule has 108 valence electrons. The van der Waals surface area contributed by atoms with Gasteiger partial charge in [0.2, 0.25) is 0 Å². The minimum atomic E-state index is 0.0309. The third kappa shape index (κ3) is 5.09. The van der Waals surface area contributed by atoms with E-state index in [1.807, 2.05) is 24.3 Å². The number of halogens is 2. The second-order valence-electron chi connectivity index (χ2n) is 4.36. The fourth-order valence-electron chi connectivity index (χ4n) is 1.73. The summed E-state index contributed by atoms with van der Waals surface area (Å²) in [6.07, 6.45) is 0. The van der Waals surface area contributed by atoms with Gasteiger partial charge in [-0.1, -0.05) is 56.1 Å². The first-order valence-corrected chi connectivity index (χ1v) is 8.95. The molecular weight excluding hydrogens is 416 g/mol. The van der Waals surface area contributed by atoms with Gasteiger partial charge in [-0.25, -0.2) is 0 Å². The van der Waals surface area contributed by atoms with Gasteiger partial charge in [-0.15, -0.1) is 11.8 Å². The molecule has 2 rings (SSSR count). The van der Waals surface area contributed by atoms with E-state index in [-0.39, 0.29) is 11.6 Å². The molecule has 0 fully saturated rings. The van der Waals surface area contributed by atoms with Crippen molar-refractivity contribution in [2.24, 2.45) is 0 Å². The van der Waals surface area contributed by atoms with Crippen molar-refractivity contribution < 1.29 is 9.59 Å². The first kappa shape index (κ1) is 16.5. The van der Waals surface area contributed by atoms with Crippen LogP contribution in [0.5, 0.6) is 0 Å². The number of ketones is 2. The third-order valence-electron chi connectivity index (χ3n) is 2.76. The highest BCUT2D eigenvalue weighted by atomic mass is 79.9. The number of carbonyl (C=O) groups excluding carboxylic acids is 2. The Morgan fingerprint density at radius 3 is 1.62 bits per heavy atom. The average molecular weight is 428 g/mol. The molecule has 0 amide bonds. The van der Waals surface area contributed by atoms with Crippen LogP contribution in [0.1, 0.15) is 20.7 Å². The van der Waals surface area contributed by atoms with Crippen LogP contribution in [0, 0.1) is 0 Å². The number of rotatable bonds is 6. The van der Waals surface area contributed by atoms with Crippen molar-refractivity contribution in [3.63, 3.8) is 0 Å². The monoisotopic (exact) mass is 426 g/mol. The standard InChI is InChI=1S/C16H12Br2O2S/c17-13-5-1-3-11(7-13)15(19)9-21-10-16(20)12-4-2-6-14(18)8-12/h1-8H,9-10H2. The fourth-order valence-corrected chi connectivity index (χ4v) is 3.33. The van der Waals surface area contributed by atoms with E-state index in [9.17, 15) is 9.59 Å². The van der Waals surface area contributed by atoms with Crippen LogP contribution in [0.15, 0.2) is 57.5 Å². The van der Waals surface area contributed by atoms with Crippen LogP contribution < -0.4 is 0 Å². The molecule has 0 heterocycles. The first-order chi connectivity index (χ1) is 10.1. The number of Topliss-reactive ketones (excluding diaryl/α,β-unsaturated/α-hetero) is 2. The second-order valence-corrected chi connectivity index (χ2v) is 7.18. The van der Waals surface area contributed by atoms with Gasteiger partial charge in [0.15, 0.2) is 11.6 Å². The molecule has 2 nitrogen and oxygen atoms in total. The van der Waals surface area contributed by atoms with Crippen LogP contribution in [0.3, 0.4) is 0 Å². The molecule has 0 aliphatic carbocycles. The van der Waals surface area contributed by atoms with E-state index in [1.165, 1.54) is 11.8 Å². The molecule has 0 unspecified atom stereocenters. The molecule has 0 aliphatic rings. The van der Waals surface area contributed by atoms with Gasteiger partial charge >= 0.3 is 0 Å². The summed E-state index contributed by atoms with van der Waals surface area (Å²) in [6, 6.07) is 14.6. The fraction of sp³-hybridized carbons (Fsp3) is 0.125. The highest BCUT2D eigenvalue weighted by Crippen LogP contribution is 2.16. The van der Waals surface area contributed by atoms with Crippen LogP contribution >= 0.6 is 43.6 Å². The summed E-state index contributed by atoms with van der Waals surface area (Å²) in [4.78, 5) is 24.0. The van der Waals surface area contributed by atoms with Crippen molar-refractivity contribution in [3.05, 3.63) is 68.6 Å². The van der Waals surface area contributed by atoms with Gasteiger partial charge in [0, 0.05) is 20.1 Å². The number of hydrogen-bond donors (Lipinski definition) is 0. The Hall–Kier alpha value is -0.910. The summed E-state index contributed by atoms with van der Waals surface area (Å²) in [5, 5.41) is 0. The number of thioether (sulfide) groups is 1. The summed E-state index contributed by atoms with van der Waals surface area (Å²) in [5.74, 6) is 0.665. The lowest BCUT2D eigenvalue weighted by Crippen LogP contribution is -2.07. The largest absolute Gasteiger partial charge is 0.293 e. The van der Waals surface area contributed by atoms with Gasteiger partial charge in [-0.3, -0.25) is 9.59 Å². The lowest BCUT2D eigenvalue weighted by atomic mass is 10.1. The van der Waals surface area contributed by atoms with Gasteiger partial charge in [0.25, 0.3) is 0 Å². The quantitative estimate of drug-likeness (QED) is 0.607. The van der Waals surface area contributed by atoms with Gasteiger partial charge in [0.1, 0.15) is 0 Å². The van der Waals surface area contributed by atoms with E-state index in [0.29, 0.717) is 22.6 Å². The van der Waals surface area contributed by atoms with E-state index in [1.54, 1.807) is 24.3 Å². The molecule has 0 saturated heterocycles. The van der Waals surface area contributed by atoms with Crippen molar-refractivity contribution in [3.8, 4) is 0 Å². The molecule has 0 spiro atoms. The van der Waals surface area contributed by atoms with E-state index in [4.69, 9.17) is 0 Å². The zero-order chi connectivity index (χ0) is 15.2. The lowest BCUT2D eigenvalue weighted by Gasteiger charge is -2.03. The number of carbonyl (C=O) groups is 2. The van der Waals surface area contributed by atoms with Crippen LogP contribution in [-0.2, 0) is 0 Å². The Bertz CT molecular complexity index is 613. The molecule has 0 aliphatic heterocycles. The minimum absolute atomic E-state index is 0.0309.